The summed E-state index contributed by atoms with van der Waals surface area (Å²) in [7, 11) is 1.58. The molecule has 3 aromatic heterocycles. The second-order valence-electron chi connectivity index (χ2n) is 5.42. The van der Waals surface area contributed by atoms with Gasteiger partial charge in [0.15, 0.2) is 0 Å². The Kier molecular flexibility index (Phi) is 5.48. The van der Waals surface area contributed by atoms with Gasteiger partial charge in [-0.05, 0) is 35.0 Å². The van der Waals surface area contributed by atoms with Crippen molar-refractivity contribution in [2.45, 2.75) is 13.0 Å². The predicted octanol–water partition coefficient (Wildman–Crippen LogP) is 3.77. The lowest BCUT2D eigenvalue weighted by Gasteiger charge is -2.12. The summed E-state index contributed by atoms with van der Waals surface area (Å²) in [5.41, 5.74) is 8.26. The Morgan fingerprint density at radius 2 is 2.15 bits per heavy atom. The first-order valence-electron chi connectivity index (χ1n) is 7.66. The van der Waals surface area contributed by atoms with E-state index < -0.39 is 6.03 Å². The van der Waals surface area contributed by atoms with Crippen LogP contribution >= 0.6 is 27.3 Å². The molecule has 3 aromatic rings. The molecule has 134 valence electrons. The highest BCUT2D eigenvalue weighted by molar-refractivity contribution is 9.10. The van der Waals surface area contributed by atoms with E-state index in [1.807, 2.05) is 30.5 Å². The fraction of sp³-hybridized carbons (Fsp3) is 0.176. The number of ether oxygens (including phenoxy) is 1. The van der Waals surface area contributed by atoms with E-state index in [1.54, 1.807) is 19.4 Å². The summed E-state index contributed by atoms with van der Waals surface area (Å²) in [6.45, 7) is 1.82. The third-order valence-corrected chi connectivity index (χ3v) is 5.12. The minimum atomic E-state index is -0.593. The number of nitrogens with one attached hydrogen (secondary N) is 1. The first-order valence-corrected chi connectivity index (χ1v) is 9.34. The van der Waals surface area contributed by atoms with Crippen LogP contribution in [0.5, 0.6) is 5.88 Å². The van der Waals surface area contributed by atoms with Crippen LogP contribution in [0.1, 0.15) is 18.7 Å². The van der Waals surface area contributed by atoms with Gasteiger partial charge in [0.25, 0.3) is 0 Å². The van der Waals surface area contributed by atoms with Crippen molar-refractivity contribution in [3.63, 3.8) is 0 Å². The summed E-state index contributed by atoms with van der Waals surface area (Å²) in [5.74, 6) is 0.538. The molecule has 0 aliphatic rings. The second kappa shape index (κ2) is 7.79. The molecule has 0 radical (unpaired) electrons. The summed E-state index contributed by atoms with van der Waals surface area (Å²) in [6, 6.07) is 6.52. The molecular weight excluding hydrogens is 418 g/mol. The maximum atomic E-state index is 11.1. The Bertz CT molecular complexity index is 946. The summed E-state index contributed by atoms with van der Waals surface area (Å²) >= 11 is 5.01. The molecule has 0 fully saturated rings. The first-order chi connectivity index (χ1) is 12.5. The van der Waals surface area contributed by atoms with E-state index in [0.717, 1.165) is 26.4 Å². The molecule has 26 heavy (non-hydrogen) atoms. The molecule has 0 spiro atoms. The monoisotopic (exact) mass is 433 g/mol. The van der Waals surface area contributed by atoms with Gasteiger partial charge >= 0.3 is 6.03 Å². The van der Waals surface area contributed by atoms with Crippen LogP contribution in [0.2, 0.25) is 0 Å². The molecule has 1 atom stereocenters. The predicted molar refractivity (Wildman–Crippen MR) is 104 cm³/mol. The zero-order chi connectivity index (χ0) is 18.7. The maximum Gasteiger partial charge on any atom is 0.312 e. The van der Waals surface area contributed by atoms with E-state index in [1.165, 1.54) is 11.3 Å². The van der Waals surface area contributed by atoms with Gasteiger partial charge < -0.3 is 15.8 Å². The molecule has 9 heteroatoms. The van der Waals surface area contributed by atoms with Crippen LogP contribution in [0.25, 0.3) is 22.0 Å². The number of urea groups is 1. The summed E-state index contributed by atoms with van der Waals surface area (Å²) < 4.78 is 5.98. The van der Waals surface area contributed by atoms with E-state index >= 15 is 0 Å². The number of halogens is 1. The Morgan fingerprint density at radius 1 is 1.35 bits per heavy atom. The Balaban J connectivity index is 1.94. The summed E-state index contributed by atoms with van der Waals surface area (Å²) in [4.78, 5) is 24.5. The van der Waals surface area contributed by atoms with Crippen molar-refractivity contribution in [3.05, 3.63) is 46.0 Å². The van der Waals surface area contributed by atoms with Crippen LogP contribution in [0, 0.1) is 0 Å². The van der Waals surface area contributed by atoms with Gasteiger partial charge in [0.2, 0.25) is 5.88 Å². The van der Waals surface area contributed by atoms with Gasteiger partial charge in [0, 0.05) is 27.7 Å². The molecule has 0 aliphatic carbocycles. The topological polar surface area (TPSA) is 103 Å². The smallest absolute Gasteiger partial charge is 0.312 e. The number of methoxy groups -OCH3 is 1. The third kappa shape index (κ3) is 4.00. The normalized spacial score (nSPS) is 11.8. The number of carbonyl (C=O) groups excluding carboxylic acids is 1. The van der Waals surface area contributed by atoms with Gasteiger partial charge in [-0.3, -0.25) is 4.98 Å². The minimum absolute atomic E-state index is 0.307. The molecule has 3 rings (SSSR count). The highest BCUT2D eigenvalue weighted by Crippen LogP contribution is 2.34. The third-order valence-electron chi connectivity index (χ3n) is 3.61. The number of carbonyl (C=O) groups is 1. The number of aromatic nitrogens is 3. The Labute approximate surface area is 162 Å². The lowest BCUT2D eigenvalue weighted by atomic mass is 10.1. The van der Waals surface area contributed by atoms with Crippen LogP contribution in [0.4, 0.5) is 4.79 Å². The zero-order valence-electron chi connectivity index (χ0n) is 14.1. The number of pyridine rings is 2. The fourth-order valence-electron chi connectivity index (χ4n) is 2.33. The van der Waals surface area contributed by atoms with Crippen molar-refractivity contribution in [1.82, 2.24) is 20.3 Å². The van der Waals surface area contributed by atoms with Crippen LogP contribution < -0.4 is 15.8 Å². The molecule has 0 aromatic carbocycles. The summed E-state index contributed by atoms with van der Waals surface area (Å²) in [6.07, 6.45) is 1.69. The molecule has 0 saturated carbocycles. The van der Waals surface area contributed by atoms with Gasteiger partial charge in [0.1, 0.15) is 10.7 Å². The molecular formula is C17H16BrN5O2S. The number of amides is 2. The number of rotatable bonds is 5. The van der Waals surface area contributed by atoms with Crippen molar-refractivity contribution >= 4 is 33.3 Å². The molecule has 3 N–H and O–H groups in total. The van der Waals surface area contributed by atoms with Crippen molar-refractivity contribution in [1.29, 1.82) is 0 Å². The zero-order valence-corrected chi connectivity index (χ0v) is 16.5. The lowest BCUT2D eigenvalue weighted by molar-refractivity contribution is 0.246. The van der Waals surface area contributed by atoms with Crippen LogP contribution in [0.3, 0.4) is 0 Å². The first kappa shape index (κ1) is 18.3. The lowest BCUT2D eigenvalue weighted by Crippen LogP contribution is -2.32. The Hall–Kier alpha value is -2.52. The average molecular weight is 434 g/mol. The summed E-state index contributed by atoms with van der Waals surface area (Å²) in [5, 5.41) is 5.37. The molecule has 0 saturated heterocycles. The maximum absolute atomic E-state index is 11.1. The fourth-order valence-corrected chi connectivity index (χ4v) is 3.71. The van der Waals surface area contributed by atoms with E-state index in [2.05, 4.69) is 36.2 Å². The quantitative estimate of drug-likeness (QED) is 0.637. The Morgan fingerprint density at radius 3 is 2.88 bits per heavy atom. The number of primary amides is 1. The van der Waals surface area contributed by atoms with E-state index in [9.17, 15) is 4.79 Å². The molecule has 3 heterocycles. The number of thiazole rings is 1. The number of hydrogen-bond acceptors (Lipinski definition) is 6. The highest BCUT2D eigenvalue weighted by atomic mass is 79.9. The standard InChI is InChI=1S/C17H16BrN5O2S/c1-9(21-17(19)24)13-6-10(11(18)7-20-13)16-23-14(8-26-16)12-4-3-5-15(22-12)25-2/h3-9H,1-2H3,(H3,19,21,24). The van der Waals surface area contributed by atoms with Crippen molar-refractivity contribution in [2.75, 3.05) is 7.11 Å². The molecule has 0 aliphatic heterocycles. The van der Waals surface area contributed by atoms with E-state index in [4.69, 9.17) is 10.5 Å². The number of hydrogen-bond donors (Lipinski definition) is 2. The van der Waals surface area contributed by atoms with E-state index in [0.29, 0.717) is 11.6 Å². The van der Waals surface area contributed by atoms with Gasteiger partial charge in [-0.25, -0.2) is 14.8 Å². The number of nitrogens with zero attached hydrogens (tertiary/aromatic N) is 3. The molecule has 0 bridgehead atoms. The second-order valence-corrected chi connectivity index (χ2v) is 7.13. The van der Waals surface area contributed by atoms with Gasteiger partial charge in [-0.1, -0.05) is 6.07 Å². The number of nitrogens with two attached hydrogens (primary N) is 1. The van der Waals surface area contributed by atoms with Crippen LogP contribution in [-0.4, -0.2) is 28.1 Å². The average Bonchev–Trinajstić information content (AvgIpc) is 3.11. The van der Waals surface area contributed by atoms with Gasteiger partial charge in [-0.2, -0.15) is 0 Å². The van der Waals surface area contributed by atoms with Gasteiger partial charge in [0.05, 0.1) is 24.5 Å². The molecule has 1 unspecified atom stereocenters. The van der Waals surface area contributed by atoms with Crippen molar-refractivity contribution < 1.29 is 9.53 Å². The van der Waals surface area contributed by atoms with Crippen LogP contribution in [0.15, 0.2) is 40.3 Å². The minimum Gasteiger partial charge on any atom is -0.481 e. The largest absolute Gasteiger partial charge is 0.481 e. The molecule has 2 amide bonds. The van der Waals surface area contributed by atoms with E-state index in [-0.39, 0.29) is 6.04 Å². The van der Waals surface area contributed by atoms with Crippen LogP contribution in [-0.2, 0) is 0 Å². The van der Waals surface area contributed by atoms with Crippen molar-refractivity contribution in [3.8, 4) is 27.8 Å². The van der Waals surface area contributed by atoms with Gasteiger partial charge in [-0.15, -0.1) is 11.3 Å². The molecule has 7 nitrogen and oxygen atoms in total. The van der Waals surface area contributed by atoms with Crippen molar-refractivity contribution in [2.24, 2.45) is 5.73 Å². The highest BCUT2D eigenvalue weighted by Gasteiger charge is 2.15. The SMILES string of the molecule is COc1cccc(-c2csc(-c3cc(C(C)NC(N)=O)ncc3Br)n2)n1.